The van der Waals surface area contributed by atoms with Crippen molar-refractivity contribution in [1.29, 1.82) is 0 Å². The number of carbonyl (C=O) groups excluding carboxylic acids is 1. The zero-order chi connectivity index (χ0) is 13.3. The van der Waals surface area contributed by atoms with Crippen LogP contribution in [-0.2, 0) is 4.74 Å². The molecule has 2 atom stereocenters. The fourth-order valence-corrected chi connectivity index (χ4v) is 2.47. The van der Waals surface area contributed by atoms with Crippen molar-refractivity contribution in [3.63, 3.8) is 0 Å². The largest absolute Gasteiger partial charge is 0.444 e. The Balaban J connectivity index is 2.49. The van der Waals surface area contributed by atoms with E-state index in [2.05, 4.69) is 19.2 Å². The first-order valence-electron chi connectivity index (χ1n) is 6.25. The number of nitrogens with one attached hydrogen (secondary N) is 1. The van der Waals surface area contributed by atoms with Crippen molar-refractivity contribution in [2.45, 2.75) is 71.6 Å². The van der Waals surface area contributed by atoms with E-state index in [1.165, 1.54) is 0 Å². The predicted molar refractivity (Wildman–Crippen MR) is 66.8 cm³/mol. The molecule has 1 rings (SSSR count). The summed E-state index contributed by atoms with van der Waals surface area (Å²) < 4.78 is 5.21. The van der Waals surface area contributed by atoms with Gasteiger partial charge in [-0.1, -0.05) is 13.8 Å². The minimum absolute atomic E-state index is 0.00333. The summed E-state index contributed by atoms with van der Waals surface area (Å²) >= 11 is 0. The van der Waals surface area contributed by atoms with Gasteiger partial charge in [-0.05, 0) is 45.4 Å². The first-order chi connectivity index (χ1) is 7.57. The fourth-order valence-electron chi connectivity index (χ4n) is 2.47. The Morgan fingerprint density at radius 2 is 1.94 bits per heavy atom. The summed E-state index contributed by atoms with van der Waals surface area (Å²) in [5.74, 6) is 0. The summed E-state index contributed by atoms with van der Waals surface area (Å²) in [6, 6.07) is 0.00333. The minimum atomic E-state index is -0.479. The van der Waals surface area contributed by atoms with Gasteiger partial charge in [0, 0.05) is 6.04 Å². The molecular formula is C13H25NO3. The van der Waals surface area contributed by atoms with Gasteiger partial charge in [-0.2, -0.15) is 0 Å². The molecule has 1 fully saturated rings. The topological polar surface area (TPSA) is 58.6 Å². The van der Waals surface area contributed by atoms with E-state index < -0.39 is 11.7 Å². The first-order valence-corrected chi connectivity index (χ1v) is 6.25. The van der Waals surface area contributed by atoms with Crippen LogP contribution >= 0.6 is 0 Å². The molecule has 1 aliphatic carbocycles. The maximum absolute atomic E-state index is 11.6. The van der Waals surface area contributed by atoms with Crippen LogP contribution in [0.2, 0.25) is 0 Å². The van der Waals surface area contributed by atoms with Crippen LogP contribution < -0.4 is 5.32 Å². The number of carbonyl (C=O) groups is 1. The molecule has 0 spiro atoms. The quantitative estimate of drug-likeness (QED) is 0.743. The first kappa shape index (κ1) is 14.3. The molecular weight excluding hydrogens is 218 g/mol. The number of aliphatic hydroxyl groups excluding tert-OH is 1. The van der Waals surface area contributed by atoms with Gasteiger partial charge in [-0.15, -0.1) is 0 Å². The molecule has 100 valence electrons. The van der Waals surface area contributed by atoms with Crippen molar-refractivity contribution in [3.05, 3.63) is 0 Å². The monoisotopic (exact) mass is 243 g/mol. The Bertz CT molecular complexity index is 281. The molecule has 4 heteroatoms. The van der Waals surface area contributed by atoms with Crippen LogP contribution in [0.15, 0.2) is 0 Å². The van der Waals surface area contributed by atoms with Gasteiger partial charge in [0.2, 0.25) is 0 Å². The number of amides is 1. The highest BCUT2D eigenvalue weighted by Crippen LogP contribution is 2.35. The van der Waals surface area contributed by atoms with E-state index in [4.69, 9.17) is 4.74 Å². The highest BCUT2D eigenvalue weighted by molar-refractivity contribution is 5.68. The SMILES string of the molecule is CC1(C)C[C@H](O)C[C@H](NC(=O)OC(C)(C)C)C1. The van der Waals surface area contributed by atoms with E-state index in [1.54, 1.807) is 0 Å². The zero-order valence-corrected chi connectivity index (χ0v) is 11.5. The molecule has 0 unspecified atom stereocenters. The normalized spacial score (nSPS) is 28.6. The smallest absolute Gasteiger partial charge is 0.407 e. The molecule has 1 aliphatic rings. The summed E-state index contributed by atoms with van der Waals surface area (Å²) in [5, 5.41) is 12.6. The maximum Gasteiger partial charge on any atom is 0.407 e. The van der Waals surface area contributed by atoms with Crippen LogP contribution in [0.3, 0.4) is 0 Å². The van der Waals surface area contributed by atoms with Gasteiger partial charge in [-0.3, -0.25) is 0 Å². The van der Waals surface area contributed by atoms with Crippen LogP contribution in [0, 0.1) is 5.41 Å². The lowest BCUT2D eigenvalue weighted by Crippen LogP contribution is -2.46. The van der Waals surface area contributed by atoms with E-state index >= 15 is 0 Å². The van der Waals surface area contributed by atoms with Crippen molar-refractivity contribution in [2.75, 3.05) is 0 Å². The Morgan fingerprint density at radius 1 is 1.35 bits per heavy atom. The van der Waals surface area contributed by atoms with Crippen molar-refractivity contribution in [2.24, 2.45) is 5.41 Å². The summed E-state index contributed by atoms with van der Waals surface area (Å²) in [7, 11) is 0. The minimum Gasteiger partial charge on any atom is -0.444 e. The molecule has 0 heterocycles. The van der Waals surface area contributed by atoms with Crippen molar-refractivity contribution < 1.29 is 14.6 Å². The van der Waals surface area contributed by atoms with Crippen molar-refractivity contribution in [3.8, 4) is 0 Å². The van der Waals surface area contributed by atoms with Crippen LogP contribution in [-0.4, -0.2) is 28.9 Å². The van der Waals surface area contributed by atoms with Gasteiger partial charge < -0.3 is 15.2 Å². The predicted octanol–water partition coefficient (Wildman–Crippen LogP) is 2.45. The van der Waals surface area contributed by atoms with E-state index in [1.807, 2.05) is 20.8 Å². The van der Waals surface area contributed by atoms with Gasteiger partial charge in [0.05, 0.1) is 6.10 Å². The highest BCUT2D eigenvalue weighted by atomic mass is 16.6. The molecule has 2 N–H and O–H groups in total. The van der Waals surface area contributed by atoms with Gasteiger partial charge >= 0.3 is 6.09 Å². The summed E-state index contributed by atoms with van der Waals surface area (Å²) in [6.07, 6.45) is 1.55. The second-order valence-corrected chi connectivity index (χ2v) is 6.81. The second kappa shape index (κ2) is 4.84. The Labute approximate surface area is 104 Å². The third-order valence-electron chi connectivity index (χ3n) is 2.86. The zero-order valence-electron chi connectivity index (χ0n) is 11.5. The standard InChI is InChI=1S/C13H25NO3/c1-12(2,3)17-11(16)14-9-6-10(15)8-13(4,5)7-9/h9-10,15H,6-8H2,1-5H3,(H,14,16)/t9-,10+/m0/s1. The van der Waals surface area contributed by atoms with E-state index in [9.17, 15) is 9.90 Å². The van der Waals surface area contributed by atoms with Crippen LogP contribution in [0.25, 0.3) is 0 Å². The van der Waals surface area contributed by atoms with Crippen molar-refractivity contribution in [1.82, 2.24) is 5.32 Å². The summed E-state index contributed by atoms with van der Waals surface area (Å²) in [6.45, 7) is 9.74. The molecule has 0 bridgehead atoms. The van der Waals surface area contributed by atoms with Crippen LogP contribution in [0.5, 0.6) is 0 Å². The third kappa shape index (κ3) is 5.39. The van der Waals surface area contributed by atoms with Gasteiger partial charge in [0.15, 0.2) is 0 Å². The third-order valence-corrected chi connectivity index (χ3v) is 2.86. The van der Waals surface area contributed by atoms with Crippen LogP contribution in [0.1, 0.15) is 53.9 Å². The number of alkyl carbamates (subject to hydrolysis) is 1. The molecule has 4 nitrogen and oxygen atoms in total. The number of aliphatic hydroxyl groups is 1. The Hall–Kier alpha value is -0.770. The Morgan fingerprint density at radius 3 is 2.41 bits per heavy atom. The molecule has 1 saturated carbocycles. The average molecular weight is 243 g/mol. The number of rotatable bonds is 1. The van der Waals surface area contributed by atoms with Gasteiger partial charge in [0.1, 0.15) is 5.60 Å². The molecule has 17 heavy (non-hydrogen) atoms. The number of hydrogen-bond donors (Lipinski definition) is 2. The fraction of sp³-hybridized carbons (Fsp3) is 0.923. The van der Waals surface area contributed by atoms with E-state index in [0.717, 1.165) is 12.8 Å². The Kier molecular flexibility index (Phi) is 4.07. The molecule has 1 amide bonds. The lowest BCUT2D eigenvalue weighted by atomic mass is 9.74. The van der Waals surface area contributed by atoms with E-state index in [0.29, 0.717) is 6.42 Å². The van der Waals surface area contributed by atoms with Gasteiger partial charge in [-0.25, -0.2) is 4.79 Å². The number of hydrogen-bond acceptors (Lipinski definition) is 3. The molecule has 0 aliphatic heterocycles. The second-order valence-electron chi connectivity index (χ2n) is 6.81. The van der Waals surface area contributed by atoms with E-state index in [-0.39, 0.29) is 17.6 Å². The van der Waals surface area contributed by atoms with Crippen LogP contribution in [0.4, 0.5) is 4.79 Å². The molecule has 0 aromatic heterocycles. The van der Waals surface area contributed by atoms with Gasteiger partial charge in [0.25, 0.3) is 0 Å². The highest BCUT2D eigenvalue weighted by Gasteiger charge is 2.34. The summed E-state index contributed by atoms with van der Waals surface area (Å²) in [5.41, 5.74) is -0.412. The van der Waals surface area contributed by atoms with Crippen molar-refractivity contribution >= 4 is 6.09 Å². The number of ether oxygens (including phenoxy) is 1. The average Bonchev–Trinajstić information content (AvgIpc) is 1.93. The molecule has 0 aromatic rings. The molecule has 0 saturated heterocycles. The molecule has 0 radical (unpaired) electrons. The summed E-state index contributed by atoms with van der Waals surface area (Å²) in [4.78, 5) is 11.6. The molecule has 0 aromatic carbocycles. The lowest BCUT2D eigenvalue weighted by Gasteiger charge is -2.38. The lowest BCUT2D eigenvalue weighted by molar-refractivity contribution is 0.0285. The maximum atomic E-state index is 11.6.